The minimum absolute atomic E-state index is 0. The average molecular weight is 330 g/mol. The maximum absolute atomic E-state index is 6.31. The van der Waals surface area contributed by atoms with Crippen LogP contribution in [0.3, 0.4) is 0 Å². The van der Waals surface area contributed by atoms with Crippen LogP contribution in [0.2, 0.25) is 0 Å². The van der Waals surface area contributed by atoms with E-state index in [-0.39, 0.29) is 18.5 Å². The first-order valence-electron chi connectivity index (χ1n) is 8.48. The molecular formula is C20H24ClNO. The minimum Gasteiger partial charge on any atom is -1.00 e. The molecule has 1 fully saturated rings. The van der Waals surface area contributed by atoms with E-state index in [1.165, 1.54) is 36.1 Å². The Balaban J connectivity index is 0.00000156. The van der Waals surface area contributed by atoms with Crippen LogP contribution in [0.15, 0.2) is 54.6 Å². The third-order valence-electron chi connectivity index (χ3n) is 4.89. The highest BCUT2D eigenvalue weighted by Crippen LogP contribution is 2.30. The molecule has 2 nitrogen and oxygen atoms in total. The van der Waals surface area contributed by atoms with Crippen LogP contribution >= 0.6 is 0 Å². The zero-order valence-electron chi connectivity index (χ0n) is 13.4. The van der Waals surface area contributed by atoms with Crippen molar-refractivity contribution < 1.29 is 22.0 Å². The molecule has 2 unspecified atom stereocenters. The molecule has 4 rings (SSSR count). The summed E-state index contributed by atoms with van der Waals surface area (Å²) in [6.45, 7) is 4.41. The molecule has 0 amide bonds. The van der Waals surface area contributed by atoms with Gasteiger partial charge in [0.25, 0.3) is 0 Å². The molecule has 122 valence electrons. The lowest BCUT2D eigenvalue weighted by Gasteiger charge is -2.28. The van der Waals surface area contributed by atoms with Crippen molar-refractivity contribution in [3.8, 4) is 0 Å². The summed E-state index contributed by atoms with van der Waals surface area (Å²) in [6.07, 6.45) is 2.94. The van der Waals surface area contributed by atoms with Crippen molar-refractivity contribution in [3.05, 3.63) is 71.3 Å². The molecule has 1 saturated carbocycles. The summed E-state index contributed by atoms with van der Waals surface area (Å²) in [7, 11) is 0. The van der Waals surface area contributed by atoms with Gasteiger partial charge in [-0.2, -0.15) is 0 Å². The van der Waals surface area contributed by atoms with E-state index in [9.17, 15) is 0 Å². The molecule has 2 aliphatic rings. The number of nitrogens with one attached hydrogen (secondary N) is 1. The van der Waals surface area contributed by atoms with Gasteiger partial charge < -0.3 is 22.0 Å². The maximum atomic E-state index is 6.31. The van der Waals surface area contributed by atoms with E-state index in [1.807, 2.05) is 0 Å². The van der Waals surface area contributed by atoms with Gasteiger partial charge >= 0.3 is 0 Å². The normalized spacial score (nSPS) is 24.0. The third kappa shape index (κ3) is 3.95. The maximum Gasteiger partial charge on any atom is 0.108 e. The molecule has 1 aliphatic carbocycles. The molecule has 2 aromatic carbocycles. The first-order chi connectivity index (χ1) is 10.9. The van der Waals surface area contributed by atoms with Crippen molar-refractivity contribution in [1.82, 2.24) is 0 Å². The number of quaternary nitrogens is 1. The molecule has 2 aromatic rings. The van der Waals surface area contributed by atoms with Crippen LogP contribution in [0.1, 0.15) is 35.6 Å². The molecule has 0 bridgehead atoms. The molecule has 23 heavy (non-hydrogen) atoms. The lowest BCUT2D eigenvalue weighted by atomic mass is 9.95. The quantitative estimate of drug-likeness (QED) is 0.809. The van der Waals surface area contributed by atoms with Crippen molar-refractivity contribution in [3.63, 3.8) is 0 Å². The van der Waals surface area contributed by atoms with Gasteiger partial charge in [0.1, 0.15) is 19.2 Å². The summed E-state index contributed by atoms with van der Waals surface area (Å²) in [5, 5.41) is 0. The summed E-state index contributed by atoms with van der Waals surface area (Å²) >= 11 is 0. The van der Waals surface area contributed by atoms with E-state index in [0.717, 1.165) is 25.6 Å². The molecule has 0 radical (unpaired) electrons. The summed E-state index contributed by atoms with van der Waals surface area (Å²) < 4.78 is 6.31. The molecule has 0 aromatic heterocycles. The van der Waals surface area contributed by atoms with Crippen molar-refractivity contribution in [2.24, 2.45) is 5.92 Å². The van der Waals surface area contributed by atoms with Gasteiger partial charge in [-0.05, 0) is 24.0 Å². The molecule has 1 N–H and O–H groups in total. The number of rotatable bonds is 3. The lowest BCUT2D eigenvalue weighted by molar-refractivity contribution is -0.916. The van der Waals surface area contributed by atoms with Crippen LogP contribution in [-0.4, -0.2) is 19.7 Å². The Labute approximate surface area is 144 Å². The number of halogens is 1. The van der Waals surface area contributed by atoms with E-state index in [0.29, 0.717) is 0 Å². The SMILES string of the molecule is [Cl-].c1ccc(C2OCC[NH+](CC3CC3)Cc3ccccc32)cc1. The van der Waals surface area contributed by atoms with Crippen molar-refractivity contribution >= 4 is 0 Å². The van der Waals surface area contributed by atoms with E-state index >= 15 is 0 Å². The van der Waals surface area contributed by atoms with Gasteiger partial charge in [0.05, 0.1) is 13.2 Å². The fourth-order valence-corrected chi connectivity index (χ4v) is 3.53. The van der Waals surface area contributed by atoms with Crippen LogP contribution in [0, 0.1) is 5.92 Å². The monoisotopic (exact) mass is 329 g/mol. The lowest BCUT2D eigenvalue weighted by Crippen LogP contribution is -3.11. The van der Waals surface area contributed by atoms with Gasteiger partial charge in [-0.15, -0.1) is 0 Å². The summed E-state index contributed by atoms with van der Waals surface area (Å²) in [5.74, 6) is 0.964. The molecule has 0 saturated heterocycles. The van der Waals surface area contributed by atoms with Crippen molar-refractivity contribution in [2.75, 3.05) is 19.7 Å². The van der Waals surface area contributed by atoms with Gasteiger partial charge in [0, 0.05) is 11.5 Å². The Bertz CT molecular complexity index is 627. The topological polar surface area (TPSA) is 13.7 Å². The van der Waals surface area contributed by atoms with Crippen LogP contribution in [0.5, 0.6) is 0 Å². The molecule has 0 spiro atoms. The Morgan fingerprint density at radius 1 is 0.957 bits per heavy atom. The molecule has 1 heterocycles. The van der Waals surface area contributed by atoms with E-state index in [2.05, 4.69) is 54.6 Å². The molecular weight excluding hydrogens is 306 g/mol. The van der Waals surface area contributed by atoms with Gasteiger partial charge in [-0.1, -0.05) is 54.6 Å². The summed E-state index contributed by atoms with van der Waals surface area (Å²) in [5.41, 5.74) is 4.06. The molecule has 3 heteroatoms. The molecule has 2 atom stereocenters. The van der Waals surface area contributed by atoms with Crippen molar-refractivity contribution in [1.29, 1.82) is 0 Å². The largest absolute Gasteiger partial charge is 1.00 e. The first kappa shape index (κ1) is 16.5. The second-order valence-electron chi connectivity index (χ2n) is 6.68. The second kappa shape index (κ2) is 7.48. The van der Waals surface area contributed by atoms with E-state index in [1.54, 1.807) is 4.90 Å². The second-order valence-corrected chi connectivity index (χ2v) is 6.68. The Kier molecular flexibility index (Phi) is 5.37. The summed E-state index contributed by atoms with van der Waals surface area (Å²) in [6, 6.07) is 19.5. The minimum atomic E-state index is 0. The molecule has 1 aliphatic heterocycles. The van der Waals surface area contributed by atoms with Gasteiger partial charge in [0.15, 0.2) is 0 Å². The number of ether oxygens (including phenoxy) is 1. The van der Waals surface area contributed by atoms with Gasteiger partial charge in [-0.25, -0.2) is 0 Å². The highest BCUT2D eigenvalue weighted by atomic mass is 35.5. The number of fused-ring (bicyclic) bond motifs is 1. The Morgan fingerprint density at radius 3 is 2.48 bits per heavy atom. The number of benzene rings is 2. The third-order valence-corrected chi connectivity index (χ3v) is 4.89. The zero-order valence-corrected chi connectivity index (χ0v) is 14.1. The highest BCUT2D eigenvalue weighted by Gasteiger charge is 2.29. The average Bonchev–Trinajstić information content (AvgIpc) is 3.35. The van der Waals surface area contributed by atoms with Crippen LogP contribution in [-0.2, 0) is 11.3 Å². The highest BCUT2D eigenvalue weighted by molar-refractivity contribution is 5.36. The summed E-state index contributed by atoms with van der Waals surface area (Å²) in [4.78, 5) is 1.68. The van der Waals surface area contributed by atoms with Crippen LogP contribution < -0.4 is 17.3 Å². The predicted molar refractivity (Wildman–Crippen MR) is 87.8 cm³/mol. The fraction of sp³-hybridized carbons (Fsp3) is 0.400. The van der Waals surface area contributed by atoms with Crippen LogP contribution in [0.4, 0.5) is 0 Å². The predicted octanol–water partition coefficient (Wildman–Crippen LogP) is -0.395. The fourth-order valence-electron chi connectivity index (χ4n) is 3.53. The Hall–Kier alpha value is -1.35. The number of hydrogen-bond acceptors (Lipinski definition) is 1. The van der Waals surface area contributed by atoms with Gasteiger partial charge in [-0.3, -0.25) is 0 Å². The van der Waals surface area contributed by atoms with Gasteiger partial charge in [0.2, 0.25) is 0 Å². The van der Waals surface area contributed by atoms with Crippen LogP contribution in [0.25, 0.3) is 0 Å². The van der Waals surface area contributed by atoms with E-state index in [4.69, 9.17) is 4.74 Å². The zero-order chi connectivity index (χ0) is 14.8. The Morgan fingerprint density at radius 2 is 1.70 bits per heavy atom. The van der Waals surface area contributed by atoms with Crippen molar-refractivity contribution in [2.45, 2.75) is 25.5 Å². The smallest absolute Gasteiger partial charge is 0.108 e. The van der Waals surface area contributed by atoms with E-state index < -0.39 is 0 Å². The number of hydrogen-bond donors (Lipinski definition) is 1. The first-order valence-corrected chi connectivity index (χ1v) is 8.48. The standard InChI is InChI=1S/C20H23NO.ClH/c1-2-6-17(7-3-1)20-19-9-5-4-8-18(19)15-21(12-13-22-20)14-16-10-11-16;/h1-9,16,20H,10-15H2;1H.